The monoisotopic (exact) mass is 374 g/mol. The van der Waals surface area contributed by atoms with Gasteiger partial charge >= 0.3 is 51.4 Å². The predicted molar refractivity (Wildman–Crippen MR) is 90.9 cm³/mol. The molecular formula is C17H35KO4S. The second-order valence-corrected chi connectivity index (χ2v) is 8.02. The van der Waals surface area contributed by atoms with Gasteiger partial charge in [0.1, 0.15) is 0 Å². The van der Waals surface area contributed by atoms with E-state index in [2.05, 4.69) is 6.92 Å². The molecule has 0 aliphatic heterocycles. The maximum Gasteiger partial charge on any atom is 1.00 e. The quantitative estimate of drug-likeness (QED) is 0.267. The Bertz CT molecular complexity index is 347. The van der Waals surface area contributed by atoms with Crippen molar-refractivity contribution in [1.82, 2.24) is 0 Å². The first-order chi connectivity index (χ1) is 10.4. The molecule has 0 saturated carbocycles. The summed E-state index contributed by atoms with van der Waals surface area (Å²) in [5, 5.41) is 9.02. The van der Waals surface area contributed by atoms with E-state index in [1.165, 1.54) is 44.9 Å². The molecule has 0 radical (unpaired) electrons. The van der Waals surface area contributed by atoms with E-state index >= 15 is 0 Å². The molecule has 0 aromatic heterocycles. The minimum Gasteiger partial charge on any atom is -0.748 e. The van der Waals surface area contributed by atoms with Crippen molar-refractivity contribution < 1.29 is 69.5 Å². The third-order valence-electron chi connectivity index (χ3n) is 4.33. The van der Waals surface area contributed by atoms with Gasteiger partial charge in [-0.3, -0.25) is 0 Å². The van der Waals surface area contributed by atoms with Gasteiger partial charge < -0.3 is 9.66 Å². The average molecular weight is 375 g/mol. The van der Waals surface area contributed by atoms with Crippen LogP contribution in [0.15, 0.2) is 0 Å². The fourth-order valence-corrected chi connectivity index (χ4v) is 3.60. The average Bonchev–Trinajstić information content (AvgIpc) is 2.44. The van der Waals surface area contributed by atoms with Gasteiger partial charge in [0, 0.05) is 5.25 Å². The van der Waals surface area contributed by atoms with E-state index in [0.717, 1.165) is 12.8 Å². The topological polar surface area (TPSA) is 77.4 Å². The molecule has 6 heteroatoms. The summed E-state index contributed by atoms with van der Waals surface area (Å²) in [5.41, 5.74) is 0. The van der Waals surface area contributed by atoms with Gasteiger partial charge in [-0.15, -0.1) is 0 Å². The van der Waals surface area contributed by atoms with E-state index in [-0.39, 0.29) is 57.8 Å². The molecule has 0 aliphatic rings. The number of hydrogen-bond donors (Lipinski definition) is 1. The number of unbranched alkanes of at least 4 members (excludes halogenated alkanes) is 8. The summed E-state index contributed by atoms with van der Waals surface area (Å²) < 4.78 is 32.9. The molecule has 23 heavy (non-hydrogen) atoms. The van der Waals surface area contributed by atoms with Crippen LogP contribution in [-0.2, 0) is 10.1 Å². The Balaban J connectivity index is 0. The molecule has 0 bridgehead atoms. The van der Waals surface area contributed by atoms with E-state index in [9.17, 15) is 18.1 Å². The predicted octanol–water partition coefficient (Wildman–Crippen LogP) is 1.38. The van der Waals surface area contributed by atoms with Crippen LogP contribution >= 0.6 is 0 Å². The molecule has 0 aliphatic carbocycles. The van der Waals surface area contributed by atoms with E-state index in [1.807, 2.05) is 0 Å². The van der Waals surface area contributed by atoms with Crippen molar-refractivity contribution >= 4 is 10.1 Å². The molecule has 0 spiro atoms. The van der Waals surface area contributed by atoms with Gasteiger partial charge in [-0.1, -0.05) is 71.6 Å². The molecule has 1 N–H and O–H groups in total. The SMILES string of the molecule is CCCCCCCCCCCC(O)CCC(CC)S(=O)(=O)[O-].[K+]. The summed E-state index contributed by atoms with van der Waals surface area (Å²) in [4.78, 5) is 0. The van der Waals surface area contributed by atoms with Gasteiger partial charge in [0.05, 0.1) is 16.2 Å². The molecule has 134 valence electrons. The first-order valence-electron chi connectivity index (χ1n) is 9.04. The van der Waals surface area contributed by atoms with Crippen molar-refractivity contribution in [1.29, 1.82) is 0 Å². The smallest absolute Gasteiger partial charge is 0.748 e. The molecule has 0 aromatic carbocycles. The van der Waals surface area contributed by atoms with Crippen molar-refractivity contribution in [2.24, 2.45) is 0 Å². The van der Waals surface area contributed by atoms with Crippen molar-refractivity contribution in [3.05, 3.63) is 0 Å². The van der Waals surface area contributed by atoms with Crippen LogP contribution in [0.5, 0.6) is 0 Å². The Morgan fingerprint density at radius 1 is 0.826 bits per heavy atom. The van der Waals surface area contributed by atoms with Gasteiger partial charge in [0.25, 0.3) is 0 Å². The zero-order valence-electron chi connectivity index (χ0n) is 15.4. The number of rotatable bonds is 15. The van der Waals surface area contributed by atoms with Crippen LogP contribution in [0.25, 0.3) is 0 Å². The minimum atomic E-state index is -4.21. The third kappa shape index (κ3) is 16.7. The standard InChI is InChI=1S/C17H36O4S.K/c1-3-5-6-7-8-9-10-11-12-13-16(18)14-15-17(4-2)22(19,20)21;/h16-18H,3-15H2,1-2H3,(H,19,20,21);/q;+1/p-1. The molecule has 2 unspecified atom stereocenters. The third-order valence-corrected chi connectivity index (χ3v) is 5.71. The molecule has 0 heterocycles. The zero-order valence-corrected chi connectivity index (χ0v) is 19.4. The van der Waals surface area contributed by atoms with Crippen molar-refractivity contribution in [2.75, 3.05) is 0 Å². The van der Waals surface area contributed by atoms with Crippen LogP contribution in [0.1, 0.15) is 97.3 Å². The largest absolute Gasteiger partial charge is 1.00 e. The molecular weight excluding hydrogens is 339 g/mol. The molecule has 0 saturated heterocycles. The van der Waals surface area contributed by atoms with Crippen LogP contribution in [0.3, 0.4) is 0 Å². The Morgan fingerprint density at radius 2 is 1.30 bits per heavy atom. The van der Waals surface area contributed by atoms with Crippen molar-refractivity contribution in [2.45, 2.75) is 109 Å². The van der Waals surface area contributed by atoms with Crippen LogP contribution < -0.4 is 51.4 Å². The Kier molecular flexibility index (Phi) is 19.7. The molecule has 0 aromatic rings. The van der Waals surface area contributed by atoms with E-state index < -0.39 is 21.5 Å². The molecule has 0 rings (SSSR count). The minimum absolute atomic E-state index is 0. The Morgan fingerprint density at radius 3 is 1.74 bits per heavy atom. The van der Waals surface area contributed by atoms with Gasteiger partial charge in [-0.25, -0.2) is 8.42 Å². The van der Waals surface area contributed by atoms with E-state index in [4.69, 9.17) is 0 Å². The maximum absolute atomic E-state index is 11.0. The van der Waals surface area contributed by atoms with Crippen molar-refractivity contribution in [3.63, 3.8) is 0 Å². The summed E-state index contributed by atoms with van der Waals surface area (Å²) in [5.74, 6) is 0. The number of aliphatic hydroxyl groups is 1. The summed E-state index contributed by atoms with van der Waals surface area (Å²) >= 11 is 0. The van der Waals surface area contributed by atoms with Gasteiger partial charge in [-0.2, -0.15) is 0 Å². The molecule has 4 nitrogen and oxygen atoms in total. The van der Waals surface area contributed by atoms with Crippen LogP contribution in [0.2, 0.25) is 0 Å². The summed E-state index contributed by atoms with van der Waals surface area (Å²) in [7, 11) is -4.21. The Hall–Kier alpha value is 1.51. The van der Waals surface area contributed by atoms with Crippen molar-refractivity contribution in [3.8, 4) is 0 Å². The van der Waals surface area contributed by atoms with Gasteiger partial charge in [-0.05, 0) is 25.7 Å². The summed E-state index contributed by atoms with van der Waals surface area (Å²) in [6, 6.07) is 0. The van der Waals surface area contributed by atoms with Crippen LogP contribution in [0, 0.1) is 0 Å². The Labute approximate surface area is 186 Å². The first-order valence-corrected chi connectivity index (χ1v) is 10.5. The molecule has 2 atom stereocenters. The second kappa shape index (κ2) is 16.9. The summed E-state index contributed by atoms with van der Waals surface area (Å²) in [6.45, 7) is 3.92. The fraction of sp³-hybridized carbons (Fsp3) is 1.00. The van der Waals surface area contributed by atoms with Gasteiger partial charge in [0.15, 0.2) is 0 Å². The van der Waals surface area contributed by atoms with E-state index in [0.29, 0.717) is 19.3 Å². The fourth-order valence-electron chi connectivity index (χ4n) is 2.77. The second-order valence-electron chi connectivity index (χ2n) is 6.37. The number of hydrogen-bond acceptors (Lipinski definition) is 4. The van der Waals surface area contributed by atoms with Crippen LogP contribution in [0.4, 0.5) is 0 Å². The summed E-state index contributed by atoms with van der Waals surface area (Å²) in [6.07, 6.45) is 12.5. The van der Waals surface area contributed by atoms with Crippen LogP contribution in [-0.4, -0.2) is 29.4 Å². The number of aliphatic hydroxyl groups excluding tert-OH is 1. The van der Waals surface area contributed by atoms with Gasteiger partial charge in [0.2, 0.25) is 0 Å². The normalized spacial score (nSPS) is 14.3. The molecule has 0 amide bonds. The first kappa shape index (κ1) is 26.7. The zero-order chi connectivity index (χ0) is 16.8. The van der Waals surface area contributed by atoms with E-state index in [1.54, 1.807) is 6.92 Å². The maximum atomic E-state index is 11.0. The molecule has 0 fully saturated rings.